The highest BCUT2D eigenvalue weighted by molar-refractivity contribution is 5.97. The lowest BCUT2D eigenvalue weighted by molar-refractivity contribution is -0.118. The van der Waals surface area contributed by atoms with E-state index in [2.05, 4.69) is 30.9 Å². The number of pyridine rings is 1. The van der Waals surface area contributed by atoms with E-state index in [0.29, 0.717) is 24.4 Å². The van der Waals surface area contributed by atoms with Crippen molar-refractivity contribution in [2.45, 2.75) is 59.7 Å². The van der Waals surface area contributed by atoms with Crippen molar-refractivity contribution in [3.8, 4) is 0 Å². The lowest BCUT2D eigenvalue weighted by Crippen LogP contribution is -2.53. The molecule has 0 bridgehead atoms. The predicted octanol–water partition coefficient (Wildman–Crippen LogP) is 3.45. The summed E-state index contributed by atoms with van der Waals surface area (Å²) in [6.45, 7) is 13.6. The zero-order valence-corrected chi connectivity index (χ0v) is 15.9. The molecule has 6 heteroatoms. The van der Waals surface area contributed by atoms with Crippen molar-refractivity contribution in [3.63, 3.8) is 0 Å². The number of fused-ring (bicyclic) bond motifs is 1. The van der Waals surface area contributed by atoms with Gasteiger partial charge in [-0.2, -0.15) is 0 Å². The van der Waals surface area contributed by atoms with Crippen LogP contribution in [0.4, 0.5) is 0 Å². The Labute approximate surface area is 148 Å². The van der Waals surface area contributed by atoms with Gasteiger partial charge in [-0.25, -0.2) is 4.98 Å². The number of hydrogen-bond donors (Lipinski definition) is 0. The highest BCUT2D eigenvalue weighted by Gasteiger charge is 2.34. The SMILES string of the molecule is CC1CN(C(=O)c2cnc3onc(CC(C)(C)C)c3c2)CC(C)(C)O1. The Morgan fingerprint density at radius 1 is 1.40 bits per heavy atom. The number of ether oxygens (including phenoxy) is 1. The molecule has 2 aromatic rings. The molecule has 6 nitrogen and oxygen atoms in total. The van der Waals surface area contributed by atoms with Crippen LogP contribution in [-0.2, 0) is 11.2 Å². The summed E-state index contributed by atoms with van der Waals surface area (Å²) in [6.07, 6.45) is 2.35. The van der Waals surface area contributed by atoms with Gasteiger partial charge >= 0.3 is 0 Å². The van der Waals surface area contributed by atoms with Crippen molar-refractivity contribution in [2.75, 3.05) is 13.1 Å². The average molecular weight is 345 g/mol. The fourth-order valence-corrected chi connectivity index (χ4v) is 3.42. The minimum atomic E-state index is -0.348. The molecule has 25 heavy (non-hydrogen) atoms. The minimum Gasteiger partial charge on any atom is -0.369 e. The first-order chi connectivity index (χ1) is 11.5. The summed E-state index contributed by atoms with van der Waals surface area (Å²) in [7, 11) is 0. The van der Waals surface area contributed by atoms with Crippen molar-refractivity contribution < 1.29 is 14.1 Å². The smallest absolute Gasteiger partial charge is 0.257 e. The molecule has 1 fully saturated rings. The van der Waals surface area contributed by atoms with Gasteiger partial charge in [0, 0.05) is 19.3 Å². The van der Waals surface area contributed by atoms with E-state index in [1.807, 2.05) is 31.7 Å². The van der Waals surface area contributed by atoms with Gasteiger partial charge in [0.25, 0.3) is 11.6 Å². The van der Waals surface area contributed by atoms with E-state index in [1.165, 1.54) is 0 Å². The third-order valence-electron chi connectivity index (χ3n) is 4.21. The summed E-state index contributed by atoms with van der Waals surface area (Å²) in [4.78, 5) is 19.1. The number of carbonyl (C=O) groups excluding carboxylic acids is 1. The molecule has 1 atom stereocenters. The summed E-state index contributed by atoms with van der Waals surface area (Å²) in [5.41, 5.74) is 1.62. The molecule has 3 rings (SSSR count). The number of amides is 1. The molecule has 0 spiro atoms. The second-order valence-corrected chi connectivity index (χ2v) is 8.82. The molecule has 1 amide bonds. The van der Waals surface area contributed by atoms with Crippen molar-refractivity contribution >= 4 is 17.0 Å². The number of hydrogen-bond acceptors (Lipinski definition) is 5. The van der Waals surface area contributed by atoms with Crippen LogP contribution in [0.25, 0.3) is 11.1 Å². The average Bonchev–Trinajstić information content (AvgIpc) is 2.85. The second-order valence-electron chi connectivity index (χ2n) is 8.82. The largest absolute Gasteiger partial charge is 0.369 e. The first kappa shape index (κ1) is 17.9. The molecule has 0 saturated carbocycles. The monoisotopic (exact) mass is 345 g/mol. The maximum Gasteiger partial charge on any atom is 0.257 e. The van der Waals surface area contributed by atoms with Crippen LogP contribution in [-0.4, -0.2) is 45.7 Å². The number of morpholine rings is 1. The van der Waals surface area contributed by atoms with E-state index in [1.54, 1.807) is 6.20 Å². The molecule has 0 aromatic carbocycles. The van der Waals surface area contributed by atoms with Crippen LogP contribution in [0.2, 0.25) is 0 Å². The molecule has 1 aliphatic heterocycles. The number of carbonyl (C=O) groups is 1. The van der Waals surface area contributed by atoms with Gasteiger partial charge in [-0.15, -0.1) is 0 Å². The number of rotatable bonds is 2. The van der Waals surface area contributed by atoms with Crippen LogP contribution in [0.1, 0.15) is 57.6 Å². The Hall–Kier alpha value is -1.95. The molecule has 0 N–H and O–H groups in total. The fraction of sp³-hybridized carbons (Fsp3) is 0.632. The van der Waals surface area contributed by atoms with Gasteiger partial charge in [0.1, 0.15) is 0 Å². The zero-order valence-electron chi connectivity index (χ0n) is 15.9. The summed E-state index contributed by atoms with van der Waals surface area (Å²) >= 11 is 0. The van der Waals surface area contributed by atoms with Crippen LogP contribution in [0.5, 0.6) is 0 Å². The molecule has 0 radical (unpaired) electrons. The van der Waals surface area contributed by atoms with Crippen LogP contribution in [0.3, 0.4) is 0 Å². The van der Waals surface area contributed by atoms with Crippen molar-refractivity contribution in [3.05, 3.63) is 23.5 Å². The van der Waals surface area contributed by atoms with E-state index >= 15 is 0 Å². The van der Waals surface area contributed by atoms with E-state index in [4.69, 9.17) is 9.26 Å². The van der Waals surface area contributed by atoms with E-state index in [-0.39, 0.29) is 23.0 Å². The Morgan fingerprint density at radius 3 is 2.76 bits per heavy atom. The van der Waals surface area contributed by atoms with Gasteiger partial charge in [0.05, 0.1) is 28.3 Å². The second kappa shape index (κ2) is 6.09. The molecule has 1 unspecified atom stereocenters. The Kier molecular flexibility index (Phi) is 4.35. The van der Waals surface area contributed by atoms with Crippen molar-refractivity contribution in [1.82, 2.24) is 15.0 Å². The minimum absolute atomic E-state index is 0.0106. The number of aromatic nitrogens is 2. The topological polar surface area (TPSA) is 68.5 Å². The lowest BCUT2D eigenvalue weighted by Gasteiger charge is -2.41. The summed E-state index contributed by atoms with van der Waals surface area (Å²) in [6, 6.07) is 1.86. The van der Waals surface area contributed by atoms with Crippen LogP contribution < -0.4 is 0 Å². The quantitative estimate of drug-likeness (QED) is 0.834. The molecule has 3 heterocycles. The molecular weight excluding hydrogens is 318 g/mol. The fourth-order valence-electron chi connectivity index (χ4n) is 3.42. The van der Waals surface area contributed by atoms with E-state index in [9.17, 15) is 4.79 Å². The lowest BCUT2D eigenvalue weighted by atomic mass is 9.89. The van der Waals surface area contributed by atoms with Gasteiger partial charge < -0.3 is 14.2 Å². The molecule has 1 aliphatic rings. The van der Waals surface area contributed by atoms with E-state index < -0.39 is 0 Å². The summed E-state index contributed by atoms with van der Waals surface area (Å²) < 4.78 is 11.2. The Morgan fingerprint density at radius 2 is 2.12 bits per heavy atom. The summed E-state index contributed by atoms with van der Waals surface area (Å²) in [5.74, 6) is -0.0273. The van der Waals surface area contributed by atoms with Crippen LogP contribution in [0.15, 0.2) is 16.8 Å². The standard InChI is InChI=1S/C19H27N3O3/c1-12-10-22(11-19(5,6)24-12)17(23)13-7-14-15(8-18(2,3)4)21-25-16(14)20-9-13/h7,9,12H,8,10-11H2,1-6H3. The highest BCUT2D eigenvalue weighted by Crippen LogP contribution is 2.27. The first-order valence-electron chi connectivity index (χ1n) is 8.75. The molecule has 0 aliphatic carbocycles. The van der Waals surface area contributed by atoms with E-state index in [0.717, 1.165) is 17.5 Å². The molecule has 136 valence electrons. The van der Waals surface area contributed by atoms with Crippen LogP contribution >= 0.6 is 0 Å². The van der Waals surface area contributed by atoms with Crippen molar-refractivity contribution in [1.29, 1.82) is 0 Å². The zero-order chi connectivity index (χ0) is 18.4. The summed E-state index contributed by atoms with van der Waals surface area (Å²) in [5, 5.41) is 4.97. The predicted molar refractivity (Wildman–Crippen MR) is 95.5 cm³/mol. The van der Waals surface area contributed by atoms with Crippen molar-refractivity contribution in [2.24, 2.45) is 5.41 Å². The van der Waals surface area contributed by atoms with Gasteiger partial charge in [-0.1, -0.05) is 25.9 Å². The van der Waals surface area contributed by atoms with Gasteiger partial charge in [-0.05, 0) is 38.7 Å². The first-order valence-corrected chi connectivity index (χ1v) is 8.75. The maximum atomic E-state index is 13.0. The van der Waals surface area contributed by atoms with Gasteiger partial charge in [-0.3, -0.25) is 4.79 Å². The van der Waals surface area contributed by atoms with Gasteiger partial charge in [0.2, 0.25) is 0 Å². The van der Waals surface area contributed by atoms with Crippen LogP contribution in [0, 0.1) is 5.41 Å². The molecular formula is C19H27N3O3. The third kappa shape index (κ3) is 4.00. The highest BCUT2D eigenvalue weighted by atomic mass is 16.5. The molecule has 2 aromatic heterocycles. The Balaban J connectivity index is 1.90. The third-order valence-corrected chi connectivity index (χ3v) is 4.21. The normalized spacial score (nSPS) is 20.9. The number of nitrogens with zero attached hydrogens (tertiary/aromatic N) is 3. The van der Waals surface area contributed by atoms with Gasteiger partial charge in [0.15, 0.2) is 0 Å². The maximum absolute atomic E-state index is 13.0. The molecule has 1 saturated heterocycles. The Bertz CT molecular complexity index is 789.